The van der Waals surface area contributed by atoms with Crippen LogP contribution in [0.4, 0.5) is 5.95 Å². The summed E-state index contributed by atoms with van der Waals surface area (Å²) in [7, 11) is 0. The monoisotopic (exact) mass is 265 g/mol. The van der Waals surface area contributed by atoms with E-state index >= 15 is 0 Å². The van der Waals surface area contributed by atoms with Gasteiger partial charge >= 0.3 is 5.97 Å². The minimum absolute atomic E-state index is 0.0706. The molecule has 1 aromatic heterocycles. The summed E-state index contributed by atoms with van der Waals surface area (Å²) in [4.78, 5) is 21.2. The van der Waals surface area contributed by atoms with E-state index in [0.717, 1.165) is 37.6 Å². The van der Waals surface area contributed by atoms with Crippen molar-refractivity contribution in [2.24, 2.45) is 0 Å². The molecule has 0 saturated carbocycles. The molecule has 6 nitrogen and oxygen atoms in total. The molecule has 0 amide bonds. The van der Waals surface area contributed by atoms with Crippen LogP contribution in [0.1, 0.15) is 25.0 Å². The molecule has 19 heavy (non-hydrogen) atoms. The molecule has 104 valence electrons. The number of aromatic nitrogens is 2. The SMILES string of the molecule is Cc1ccnc(N2CCC(OCCC(=O)O)CC2)n1. The Labute approximate surface area is 112 Å². The summed E-state index contributed by atoms with van der Waals surface area (Å²) >= 11 is 0. The molecule has 2 rings (SSSR count). The lowest BCUT2D eigenvalue weighted by atomic mass is 10.1. The molecule has 0 aromatic carbocycles. The summed E-state index contributed by atoms with van der Waals surface area (Å²) in [6.07, 6.45) is 3.77. The molecule has 1 fully saturated rings. The van der Waals surface area contributed by atoms with Crippen molar-refractivity contribution in [2.45, 2.75) is 32.3 Å². The average Bonchev–Trinajstić information content (AvgIpc) is 2.39. The van der Waals surface area contributed by atoms with Crippen LogP contribution in [0.3, 0.4) is 0 Å². The van der Waals surface area contributed by atoms with E-state index in [1.807, 2.05) is 13.0 Å². The lowest BCUT2D eigenvalue weighted by Crippen LogP contribution is -2.38. The number of rotatable bonds is 5. The number of carboxylic acid groups (broad SMARTS) is 1. The lowest BCUT2D eigenvalue weighted by molar-refractivity contribution is -0.138. The van der Waals surface area contributed by atoms with Crippen molar-refractivity contribution in [2.75, 3.05) is 24.6 Å². The van der Waals surface area contributed by atoms with Gasteiger partial charge < -0.3 is 14.7 Å². The van der Waals surface area contributed by atoms with Crippen LogP contribution in [-0.2, 0) is 9.53 Å². The number of carboxylic acids is 1. The average molecular weight is 265 g/mol. The second-order valence-corrected chi connectivity index (χ2v) is 4.70. The maximum Gasteiger partial charge on any atom is 0.305 e. The number of hydrogen-bond donors (Lipinski definition) is 1. The number of carbonyl (C=O) groups is 1. The van der Waals surface area contributed by atoms with Crippen LogP contribution >= 0.6 is 0 Å². The van der Waals surface area contributed by atoms with Crippen LogP contribution < -0.4 is 4.90 Å². The van der Waals surface area contributed by atoms with Gasteiger partial charge in [0.15, 0.2) is 0 Å². The van der Waals surface area contributed by atoms with Gasteiger partial charge in [0.05, 0.1) is 19.1 Å². The summed E-state index contributed by atoms with van der Waals surface area (Å²) in [5.41, 5.74) is 0.963. The van der Waals surface area contributed by atoms with E-state index in [4.69, 9.17) is 9.84 Å². The van der Waals surface area contributed by atoms with Crippen molar-refractivity contribution in [1.82, 2.24) is 9.97 Å². The number of aryl methyl sites for hydroxylation is 1. The minimum atomic E-state index is -0.814. The van der Waals surface area contributed by atoms with Gasteiger partial charge in [-0.25, -0.2) is 9.97 Å². The predicted molar refractivity (Wildman–Crippen MR) is 70.2 cm³/mol. The van der Waals surface area contributed by atoms with E-state index in [-0.39, 0.29) is 12.5 Å². The molecule has 0 unspecified atom stereocenters. The van der Waals surface area contributed by atoms with Crippen LogP contribution in [0.2, 0.25) is 0 Å². The number of hydrogen-bond acceptors (Lipinski definition) is 5. The van der Waals surface area contributed by atoms with Gasteiger partial charge in [-0.3, -0.25) is 4.79 Å². The number of anilines is 1. The van der Waals surface area contributed by atoms with Gasteiger partial charge in [-0.15, -0.1) is 0 Å². The van der Waals surface area contributed by atoms with Crippen molar-refractivity contribution in [3.8, 4) is 0 Å². The number of ether oxygens (including phenoxy) is 1. The Hall–Kier alpha value is -1.69. The maximum absolute atomic E-state index is 10.4. The van der Waals surface area contributed by atoms with E-state index in [2.05, 4.69) is 14.9 Å². The first-order chi connectivity index (χ1) is 9.15. The van der Waals surface area contributed by atoms with Gasteiger partial charge in [-0.05, 0) is 25.8 Å². The third-order valence-corrected chi connectivity index (χ3v) is 3.18. The first kappa shape index (κ1) is 13.7. The molecule has 1 aromatic rings. The summed E-state index contributed by atoms with van der Waals surface area (Å²) in [6.45, 7) is 3.94. The largest absolute Gasteiger partial charge is 0.481 e. The number of piperidine rings is 1. The zero-order valence-corrected chi connectivity index (χ0v) is 11.1. The molecule has 1 N–H and O–H groups in total. The number of aliphatic carboxylic acids is 1. The fraction of sp³-hybridized carbons (Fsp3) is 0.615. The molecular weight excluding hydrogens is 246 g/mol. The summed E-state index contributed by atoms with van der Waals surface area (Å²) in [5.74, 6) is -0.0467. The van der Waals surface area contributed by atoms with E-state index in [1.165, 1.54) is 0 Å². The molecule has 0 bridgehead atoms. The first-order valence-electron chi connectivity index (χ1n) is 6.53. The molecule has 6 heteroatoms. The lowest BCUT2D eigenvalue weighted by Gasteiger charge is -2.31. The minimum Gasteiger partial charge on any atom is -0.481 e. The topological polar surface area (TPSA) is 75.6 Å². The molecule has 1 saturated heterocycles. The van der Waals surface area contributed by atoms with Gasteiger partial charge in [0, 0.05) is 25.0 Å². The highest BCUT2D eigenvalue weighted by atomic mass is 16.5. The molecule has 0 spiro atoms. The molecule has 0 atom stereocenters. The first-order valence-corrected chi connectivity index (χ1v) is 6.53. The molecule has 1 aliphatic heterocycles. The fourth-order valence-electron chi connectivity index (χ4n) is 2.12. The van der Waals surface area contributed by atoms with Gasteiger partial charge in [0.25, 0.3) is 0 Å². The Morgan fingerprint density at radius 2 is 2.26 bits per heavy atom. The van der Waals surface area contributed by atoms with Crippen LogP contribution in [0, 0.1) is 6.92 Å². The van der Waals surface area contributed by atoms with E-state index in [9.17, 15) is 4.79 Å². The van der Waals surface area contributed by atoms with Crippen molar-refractivity contribution < 1.29 is 14.6 Å². The molecule has 1 aliphatic rings. The van der Waals surface area contributed by atoms with Crippen molar-refractivity contribution in [3.05, 3.63) is 18.0 Å². The third-order valence-electron chi connectivity index (χ3n) is 3.18. The zero-order valence-electron chi connectivity index (χ0n) is 11.1. The Morgan fingerprint density at radius 1 is 1.53 bits per heavy atom. The van der Waals surface area contributed by atoms with E-state index < -0.39 is 5.97 Å². The molecular formula is C13H19N3O3. The van der Waals surface area contributed by atoms with Crippen molar-refractivity contribution in [1.29, 1.82) is 0 Å². The maximum atomic E-state index is 10.4. The normalized spacial score (nSPS) is 16.6. The second kappa shape index (κ2) is 6.47. The summed E-state index contributed by atoms with van der Waals surface area (Å²) in [6, 6.07) is 1.88. The van der Waals surface area contributed by atoms with Crippen LogP contribution in [-0.4, -0.2) is 46.8 Å². The summed E-state index contributed by atoms with van der Waals surface area (Å²) in [5, 5.41) is 8.55. The standard InChI is InChI=1S/C13H19N3O3/c1-10-2-6-14-13(15-10)16-7-3-11(4-8-16)19-9-5-12(17)18/h2,6,11H,3-5,7-9H2,1H3,(H,17,18). The Balaban J connectivity index is 1.77. The van der Waals surface area contributed by atoms with E-state index in [1.54, 1.807) is 6.20 Å². The van der Waals surface area contributed by atoms with Gasteiger partial charge in [-0.1, -0.05) is 0 Å². The quantitative estimate of drug-likeness (QED) is 0.863. The molecule has 0 radical (unpaired) electrons. The van der Waals surface area contributed by atoms with E-state index in [0.29, 0.717) is 6.61 Å². The van der Waals surface area contributed by atoms with Gasteiger partial charge in [0.2, 0.25) is 5.95 Å². The Morgan fingerprint density at radius 3 is 2.89 bits per heavy atom. The predicted octanol–water partition coefficient (Wildman–Crippen LogP) is 1.25. The van der Waals surface area contributed by atoms with Gasteiger partial charge in [0.1, 0.15) is 0 Å². The number of nitrogens with zero attached hydrogens (tertiary/aromatic N) is 3. The highest BCUT2D eigenvalue weighted by molar-refractivity contribution is 5.66. The van der Waals surface area contributed by atoms with Crippen LogP contribution in [0.5, 0.6) is 0 Å². The zero-order chi connectivity index (χ0) is 13.7. The third kappa shape index (κ3) is 4.17. The molecule has 2 heterocycles. The Bertz CT molecular complexity index is 431. The fourth-order valence-corrected chi connectivity index (χ4v) is 2.12. The van der Waals surface area contributed by atoms with Crippen LogP contribution in [0.25, 0.3) is 0 Å². The highest BCUT2D eigenvalue weighted by Crippen LogP contribution is 2.18. The Kier molecular flexibility index (Phi) is 4.68. The smallest absolute Gasteiger partial charge is 0.305 e. The van der Waals surface area contributed by atoms with Crippen LogP contribution in [0.15, 0.2) is 12.3 Å². The van der Waals surface area contributed by atoms with Crippen molar-refractivity contribution in [3.63, 3.8) is 0 Å². The summed E-state index contributed by atoms with van der Waals surface area (Å²) < 4.78 is 5.55. The highest BCUT2D eigenvalue weighted by Gasteiger charge is 2.21. The second-order valence-electron chi connectivity index (χ2n) is 4.70. The van der Waals surface area contributed by atoms with Crippen molar-refractivity contribution >= 4 is 11.9 Å². The van der Waals surface area contributed by atoms with Gasteiger partial charge in [-0.2, -0.15) is 0 Å². The molecule has 0 aliphatic carbocycles.